The van der Waals surface area contributed by atoms with Crippen LogP contribution < -0.4 is 20.9 Å². The number of carbonyl (C=O) groups is 2. The van der Waals surface area contributed by atoms with Gasteiger partial charge in [-0.15, -0.1) is 0 Å². The summed E-state index contributed by atoms with van der Waals surface area (Å²) in [6, 6.07) is 22.7. The summed E-state index contributed by atoms with van der Waals surface area (Å²) in [4.78, 5) is 24.0. The first kappa shape index (κ1) is 21.8. The molecule has 3 rings (SSSR count). The van der Waals surface area contributed by atoms with Gasteiger partial charge in [0.2, 0.25) is 0 Å². The molecule has 0 bridgehead atoms. The molecular weight excluding hydrogens is 414 g/mol. The monoisotopic (exact) mass is 435 g/mol. The number of hydrogen-bond donors (Lipinski definition) is 3. The van der Waals surface area contributed by atoms with Gasteiger partial charge < -0.3 is 14.8 Å². The summed E-state index contributed by atoms with van der Waals surface area (Å²) in [5.41, 5.74) is 6.70. The van der Waals surface area contributed by atoms with Crippen LogP contribution in [0.1, 0.15) is 27.6 Å². The van der Waals surface area contributed by atoms with Crippen molar-refractivity contribution >= 4 is 34.9 Å². The molecule has 0 fully saturated rings. The molecule has 0 heterocycles. The molecule has 8 heteroatoms. The van der Waals surface area contributed by atoms with Crippen LogP contribution in [0.5, 0.6) is 11.5 Å². The largest absolute Gasteiger partial charge is 0.462 e. The number of anilines is 1. The predicted octanol–water partition coefficient (Wildman–Crippen LogP) is 4.29. The average molecular weight is 436 g/mol. The van der Waals surface area contributed by atoms with E-state index in [1.807, 2.05) is 30.3 Å². The van der Waals surface area contributed by atoms with Crippen LogP contribution >= 0.6 is 12.2 Å². The molecule has 3 N–H and O–H groups in total. The maximum atomic E-state index is 12.3. The molecule has 0 radical (unpaired) electrons. The quantitative estimate of drug-likeness (QED) is 0.302. The standard InChI is InChI=1S/C23H21N3O4S/c1-2-29-22(28)17-8-12-18(13-9-17)24-23(31)26-25-21(27)16-10-14-20(15-11-16)30-19-6-4-3-5-7-19/h3-15H,2H2,1H3,(H,25,27)(H2,24,26,31). The van der Waals surface area contributed by atoms with Gasteiger partial charge in [-0.2, -0.15) is 0 Å². The van der Waals surface area contributed by atoms with Crippen molar-refractivity contribution in [3.63, 3.8) is 0 Å². The molecule has 1 amide bonds. The van der Waals surface area contributed by atoms with Gasteiger partial charge in [0.15, 0.2) is 5.11 Å². The van der Waals surface area contributed by atoms with E-state index < -0.39 is 0 Å². The molecule has 3 aromatic rings. The first-order valence-corrected chi connectivity index (χ1v) is 9.93. The molecule has 0 aliphatic heterocycles. The van der Waals surface area contributed by atoms with E-state index in [4.69, 9.17) is 21.7 Å². The lowest BCUT2D eigenvalue weighted by molar-refractivity contribution is 0.0526. The van der Waals surface area contributed by atoms with Gasteiger partial charge in [-0.25, -0.2) is 4.79 Å². The van der Waals surface area contributed by atoms with Crippen molar-refractivity contribution < 1.29 is 19.1 Å². The Bertz CT molecular complexity index is 1040. The zero-order valence-corrected chi connectivity index (χ0v) is 17.6. The number of esters is 1. The maximum absolute atomic E-state index is 12.3. The summed E-state index contributed by atoms with van der Waals surface area (Å²) in [5.74, 6) is 0.600. The predicted molar refractivity (Wildman–Crippen MR) is 122 cm³/mol. The van der Waals surface area contributed by atoms with Crippen LogP contribution in [0.15, 0.2) is 78.9 Å². The number of thiocarbonyl (C=S) groups is 1. The van der Waals surface area contributed by atoms with Gasteiger partial charge in [0.1, 0.15) is 11.5 Å². The zero-order valence-electron chi connectivity index (χ0n) is 16.8. The first-order valence-electron chi connectivity index (χ1n) is 9.52. The maximum Gasteiger partial charge on any atom is 0.338 e. The molecule has 3 aromatic carbocycles. The second-order valence-corrected chi connectivity index (χ2v) is 6.68. The van der Waals surface area contributed by atoms with E-state index in [-0.39, 0.29) is 17.0 Å². The summed E-state index contributed by atoms with van der Waals surface area (Å²) in [5, 5.41) is 3.11. The number of nitrogens with one attached hydrogen (secondary N) is 3. The fourth-order valence-corrected chi connectivity index (χ4v) is 2.72. The van der Waals surface area contributed by atoms with Crippen molar-refractivity contribution in [1.29, 1.82) is 0 Å². The van der Waals surface area contributed by atoms with E-state index in [1.54, 1.807) is 55.5 Å². The lowest BCUT2D eigenvalue weighted by Crippen LogP contribution is -2.43. The lowest BCUT2D eigenvalue weighted by Gasteiger charge is -2.12. The molecule has 0 spiro atoms. The third-order valence-corrected chi connectivity index (χ3v) is 4.24. The van der Waals surface area contributed by atoms with E-state index in [9.17, 15) is 9.59 Å². The summed E-state index contributed by atoms with van der Waals surface area (Å²) in [7, 11) is 0. The highest BCUT2D eigenvalue weighted by molar-refractivity contribution is 7.80. The molecular formula is C23H21N3O4S. The number of para-hydroxylation sites is 1. The molecule has 7 nitrogen and oxygen atoms in total. The lowest BCUT2D eigenvalue weighted by atomic mass is 10.2. The average Bonchev–Trinajstić information content (AvgIpc) is 2.79. The van der Waals surface area contributed by atoms with Gasteiger partial charge in [-0.3, -0.25) is 15.6 Å². The van der Waals surface area contributed by atoms with E-state index in [0.29, 0.717) is 34.9 Å². The Kier molecular flexibility index (Phi) is 7.56. The number of rotatable bonds is 6. The molecule has 0 aliphatic rings. The highest BCUT2D eigenvalue weighted by Gasteiger charge is 2.08. The van der Waals surface area contributed by atoms with Crippen molar-refractivity contribution in [3.05, 3.63) is 90.0 Å². The number of carbonyl (C=O) groups excluding carboxylic acids is 2. The molecule has 0 aliphatic carbocycles. The van der Waals surface area contributed by atoms with Crippen LogP contribution in [0.4, 0.5) is 5.69 Å². The van der Waals surface area contributed by atoms with Crippen molar-refractivity contribution in [3.8, 4) is 11.5 Å². The van der Waals surface area contributed by atoms with Crippen LogP contribution in [-0.4, -0.2) is 23.6 Å². The molecule has 31 heavy (non-hydrogen) atoms. The Morgan fingerprint density at radius 1 is 0.806 bits per heavy atom. The summed E-state index contributed by atoms with van der Waals surface area (Å²) in [6.07, 6.45) is 0. The number of hydrogen-bond acceptors (Lipinski definition) is 5. The van der Waals surface area contributed by atoms with Crippen LogP contribution in [0.25, 0.3) is 0 Å². The topological polar surface area (TPSA) is 88.7 Å². The van der Waals surface area contributed by atoms with Crippen molar-refractivity contribution in [2.45, 2.75) is 6.92 Å². The van der Waals surface area contributed by atoms with E-state index >= 15 is 0 Å². The second-order valence-electron chi connectivity index (χ2n) is 6.27. The Labute approximate surface area is 185 Å². The minimum absolute atomic E-state index is 0.196. The van der Waals surface area contributed by atoms with Gasteiger partial charge in [-0.1, -0.05) is 18.2 Å². The SMILES string of the molecule is CCOC(=O)c1ccc(NC(=S)NNC(=O)c2ccc(Oc3ccccc3)cc2)cc1. The highest BCUT2D eigenvalue weighted by atomic mass is 32.1. The van der Waals surface area contributed by atoms with Crippen LogP contribution in [-0.2, 0) is 4.74 Å². The molecule has 0 unspecified atom stereocenters. The summed E-state index contributed by atoms with van der Waals surface area (Å²) < 4.78 is 10.6. The van der Waals surface area contributed by atoms with Crippen LogP contribution in [0, 0.1) is 0 Å². The van der Waals surface area contributed by atoms with Gasteiger partial charge in [0, 0.05) is 11.3 Å². The minimum Gasteiger partial charge on any atom is -0.462 e. The highest BCUT2D eigenvalue weighted by Crippen LogP contribution is 2.21. The van der Waals surface area contributed by atoms with Crippen LogP contribution in [0.2, 0.25) is 0 Å². The Morgan fingerprint density at radius 2 is 1.42 bits per heavy atom. The molecule has 0 saturated heterocycles. The normalized spacial score (nSPS) is 9.97. The van der Waals surface area contributed by atoms with E-state index in [0.717, 1.165) is 0 Å². The van der Waals surface area contributed by atoms with Crippen molar-refractivity contribution in [2.75, 3.05) is 11.9 Å². The van der Waals surface area contributed by atoms with Gasteiger partial charge in [0.05, 0.1) is 12.2 Å². The Morgan fingerprint density at radius 3 is 2.06 bits per heavy atom. The van der Waals surface area contributed by atoms with Crippen molar-refractivity contribution in [2.24, 2.45) is 0 Å². The summed E-state index contributed by atoms with van der Waals surface area (Å²) in [6.45, 7) is 2.06. The number of ether oxygens (including phenoxy) is 2. The van der Waals surface area contributed by atoms with Gasteiger partial charge in [0.25, 0.3) is 5.91 Å². The molecule has 0 atom stereocenters. The first-order chi connectivity index (χ1) is 15.0. The minimum atomic E-state index is -0.387. The Balaban J connectivity index is 1.47. The fourth-order valence-electron chi connectivity index (χ4n) is 2.55. The number of hydrazine groups is 1. The van der Waals surface area contributed by atoms with Crippen LogP contribution in [0.3, 0.4) is 0 Å². The second kappa shape index (κ2) is 10.7. The van der Waals surface area contributed by atoms with Gasteiger partial charge >= 0.3 is 5.97 Å². The molecule has 0 saturated carbocycles. The van der Waals surface area contributed by atoms with E-state index in [1.165, 1.54) is 0 Å². The molecule has 158 valence electrons. The number of benzene rings is 3. The summed E-state index contributed by atoms with van der Waals surface area (Å²) >= 11 is 5.18. The third kappa shape index (κ3) is 6.55. The third-order valence-electron chi connectivity index (χ3n) is 4.04. The number of amides is 1. The Hall–Kier alpha value is -3.91. The molecule has 0 aromatic heterocycles. The van der Waals surface area contributed by atoms with Crippen molar-refractivity contribution in [1.82, 2.24) is 10.9 Å². The zero-order chi connectivity index (χ0) is 22.1. The van der Waals surface area contributed by atoms with E-state index in [2.05, 4.69) is 16.2 Å². The van der Waals surface area contributed by atoms with Gasteiger partial charge in [-0.05, 0) is 79.8 Å². The fraction of sp³-hybridized carbons (Fsp3) is 0.0870. The smallest absolute Gasteiger partial charge is 0.338 e.